The lowest BCUT2D eigenvalue weighted by Crippen LogP contribution is -2.21. The van der Waals surface area contributed by atoms with Crippen LogP contribution in [0.1, 0.15) is 24.5 Å². The Morgan fingerprint density at radius 1 is 1.24 bits per heavy atom. The van der Waals surface area contributed by atoms with Crippen LogP contribution < -0.4 is 10.5 Å². The van der Waals surface area contributed by atoms with Gasteiger partial charge in [-0.3, -0.25) is 4.98 Å². The zero-order valence-corrected chi connectivity index (χ0v) is 13.0. The molecule has 1 heterocycles. The van der Waals surface area contributed by atoms with Gasteiger partial charge in [0.2, 0.25) is 0 Å². The molecule has 0 saturated heterocycles. The van der Waals surface area contributed by atoms with E-state index in [4.69, 9.17) is 22.1 Å². The van der Waals surface area contributed by atoms with Crippen molar-refractivity contribution < 1.29 is 4.74 Å². The molecule has 21 heavy (non-hydrogen) atoms. The highest BCUT2D eigenvalue weighted by Gasteiger charge is 2.09. The Labute approximate surface area is 131 Å². The van der Waals surface area contributed by atoms with Gasteiger partial charge in [0.15, 0.2) is 0 Å². The molecule has 0 fully saturated rings. The summed E-state index contributed by atoms with van der Waals surface area (Å²) >= 11 is 6.07. The average Bonchev–Trinajstić information content (AvgIpc) is 2.50. The molecule has 2 rings (SSSR count). The maximum absolute atomic E-state index is 6.07. The third-order valence-corrected chi connectivity index (χ3v) is 3.66. The first-order valence-electron chi connectivity index (χ1n) is 7.24. The zero-order valence-electron chi connectivity index (χ0n) is 12.3. The number of hydrogen-bond acceptors (Lipinski definition) is 3. The molecule has 0 spiro atoms. The number of aromatic nitrogens is 1. The van der Waals surface area contributed by atoms with E-state index in [0.29, 0.717) is 6.61 Å². The molecule has 0 amide bonds. The van der Waals surface area contributed by atoms with E-state index < -0.39 is 0 Å². The van der Waals surface area contributed by atoms with Crippen LogP contribution in [-0.4, -0.2) is 17.6 Å². The van der Waals surface area contributed by atoms with Gasteiger partial charge in [0.1, 0.15) is 5.75 Å². The fourth-order valence-electron chi connectivity index (χ4n) is 2.10. The Bertz CT molecular complexity index is 560. The molecule has 3 nitrogen and oxygen atoms in total. The number of hydrogen-bond donors (Lipinski definition) is 1. The Hall–Kier alpha value is -1.58. The summed E-state index contributed by atoms with van der Waals surface area (Å²) in [6, 6.07) is 9.85. The summed E-state index contributed by atoms with van der Waals surface area (Å²) in [6.07, 6.45) is 6.15. The molecule has 1 unspecified atom stereocenters. The molecule has 0 bridgehead atoms. The minimum absolute atomic E-state index is 0.131. The van der Waals surface area contributed by atoms with Crippen LogP contribution in [0.2, 0.25) is 5.02 Å². The molecule has 112 valence electrons. The average molecular weight is 305 g/mol. The summed E-state index contributed by atoms with van der Waals surface area (Å²) in [7, 11) is 0. The summed E-state index contributed by atoms with van der Waals surface area (Å²) in [5.74, 6) is 0.873. The third kappa shape index (κ3) is 5.03. The SMILES string of the molecule is CCC(N)Cc1cc(Cl)ccc1OCCc1ccncc1. The number of nitrogens with two attached hydrogens (primary N) is 1. The molecule has 0 saturated carbocycles. The van der Waals surface area contributed by atoms with Gasteiger partial charge in [-0.25, -0.2) is 0 Å². The standard InChI is InChI=1S/C17H21ClN2O/c1-2-16(19)12-14-11-15(18)3-4-17(14)21-10-7-13-5-8-20-9-6-13/h3-6,8-9,11,16H,2,7,10,12,19H2,1H3. The van der Waals surface area contributed by atoms with Gasteiger partial charge in [-0.2, -0.15) is 0 Å². The largest absolute Gasteiger partial charge is 0.493 e. The first kappa shape index (κ1) is 15.8. The Kier molecular flexibility index (Phi) is 6.03. The molecule has 0 aliphatic carbocycles. The van der Waals surface area contributed by atoms with Gasteiger partial charge in [0.25, 0.3) is 0 Å². The highest BCUT2D eigenvalue weighted by molar-refractivity contribution is 6.30. The maximum Gasteiger partial charge on any atom is 0.122 e. The lowest BCUT2D eigenvalue weighted by molar-refractivity contribution is 0.317. The summed E-state index contributed by atoms with van der Waals surface area (Å²) in [6.45, 7) is 2.71. The van der Waals surface area contributed by atoms with E-state index >= 15 is 0 Å². The number of benzene rings is 1. The lowest BCUT2D eigenvalue weighted by Gasteiger charge is -2.15. The third-order valence-electron chi connectivity index (χ3n) is 3.43. The van der Waals surface area contributed by atoms with Gasteiger partial charge in [0.05, 0.1) is 6.61 Å². The fourth-order valence-corrected chi connectivity index (χ4v) is 2.30. The number of nitrogens with zero attached hydrogens (tertiary/aromatic N) is 1. The zero-order chi connectivity index (χ0) is 15.1. The van der Waals surface area contributed by atoms with E-state index in [0.717, 1.165) is 35.6 Å². The second-order valence-corrected chi connectivity index (χ2v) is 5.51. The van der Waals surface area contributed by atoms with Crippen LogP contribution in [0.15, 0.2) is 42.7 Å². The van der Waals surface area contributed by atoms with E-state index in [2.05, 4.69) is 11.9 Å². The lowest BCUT2D eigenvalue weighted by atomic mass is 10.0. The molecule has 2 N–H and O–H groups in total. The molecule has 1 atom stereocenters. The van der Waals surface area contributed by atoms with E-state index in [9.17, 15) is 0 Å². The number of rotatable bonds is 7. The molecular weight excluding hydrogens is 284 g/mol. The molecule has 0 radical (unpaired) electrons. The van der Waals surface area contributed by atoms with Crippen molar-refractivity contribution in [3.8, 4) is 5.75 Å². The van der Waals surface area contributed by atoms with Crippen molar-refractivity contribution in [3.05, 3.63) is 58.9 Å². The fraction of sp³-hybridized carbons (Fsp3) is 0.353. The summed E-state index contributed by atoms with van der Waals surface area (Å²) in [4.78, 5) is 4.01. The quantitative estimate of drug-likeness (QED) is 0.849. The molecule has 0 aliphatic rings. The summed E-state index contributed by atoms with van der Waals surface area (Å²) in [5.41, 5.74) is 8.33. The highest BCUT2D eigenvalue weighted by atomic mass is 35.5. The minimum Gasteiger partial charge on any atom is -0.493 e. The number of halogens is 1. The van der Waals surface area contributed by atoms with Crippen molar-refractivity contribution in [1.29, 1.82) is 0 Å². The van der Waals surface area contributed by atoms with Crippen molar-refractivity contribution in [2.45, 2.75) is 32.2 Å². The van der Waals surface area contributed by atoms with Gasteiger partial charge in [0, 0.05) is 29.9 Å². The Balaban J connectivity index is 1.98. The monoisotopic (exact) mass is 304 g/mol. The second-order valence-electron chi connectivity index (χ2n) is 5.08. The molecule has 4 heteroatoms. The minimum atomic E-state index is 0.131. The Morgan fingerprint density at radius 2 is 2.00 bits per heavy atom. The second kappa shape index (κ2) is 8.01. The smallest absolute Gasteiger partial charge is 0.122 e. The molecule has 1 aromatic heterocycles. The van der Waals surface area contributed by atoms with Gasteiger partial charge in [-0.15, -0.1) is 0 Å². The van der Waals surface area contributed by atoms with E-state index in [1.807, 2.05) is 30.3 Å². The molecular formula is C17H21ClN2O. The predicted molar refractivity (Wildman–Crippen MR) is 86.9 cm³/mol. The topological polar surface area (TPSA) is 48.1 Å². The van der Waals surface area contributed by atoms with Crippen molar-refractivity contribution in [2.24, 2.45) is 5.73 Å². The normalized spacial score (nSPS) is 12.1. The van der Waals surface area contributed by atoms with Crippen LogP contribution in [-0.2, 0) is 12.8 Å². The van der Waals surface area contributed by atoms with Crippen LogP contribution in [0.25, 0.3) is 0 Å². The first-order chi connectivity index (χ1) is 10.2. The van der Waals surface area contributed by atoms with Crippen molar-refractivity contribution in [2.75, 3.05) is 6.61 Å². The highest BCUT2D eigenvalue weighted by Crippen LogP contribution is 2.24. The summed E-state index contributed by atoms with van der Waals surface area (Å²) < 4.78 is 5.91. The van der Waals surface area contributed by atoms with Crippen LogP contribution >= 0.6 is 11.6 Å². The van der Waals surface area contributed by atoms with Crippen LogP contribution in [0, 0.1) is 0 Å². The van der Waals surface area contributed by atoms with Gasteiger partial charge >= 0.3 is 0 Å². The Morgan fingerprint density at radius 3 is 2.71 bits per heavy atom. The predicted octanol–water partition coefficient (Wildman–Crippen LogP) is 3.64. The molecule has 2 aromatic rings. The van der Waals surface area contributed by atoms with Crippen molar-refractivity contribution in [1.82, 2.24) is 4.98 Å². The molecule has 0 aliphatic heterocycles. The van der Waals surface area contributed by atoms with E-state index in [1.165, 1.54) is 5.56 Å². The van der Waals surface area contributed by atoms with E-state index in [-0.39, 0.29) is 6.04 Å². The molecule has 1 aromatic carbocycles. The van der Waals surface area contributed by atoms with Gasteiger partial charge in [-0.1, -0.05) is 18.5 Å². The van der Waals surface area contributed by atoms with Crippen LogP contribution in [0.3, 0.4) is 0 Å². The number of ether oxygens (including phenoxy) is 1. The number of pyridine rings is 1. The van der Waals surface area contributed by atoms with E-state index in [1.54, 1.807) is 12.4 Å². The summed E-state index contributed by atoms with van der Waals surface area (Å²) in [5, 5.41) is 0.717. The van der Waals surface area contributed by atoms with Crippen molar-refractivity contribution in [3.63, 3.8) is 0 Å². The van der Waals surface area contributed by atoms with Gasteiger partial charge in [-0.05, 0) is 54.3 Å². The maximum atomic E-state index is 6.07. The van der Waals surface area contributed by atoms with Gasteiger partial charge < -0.3 is 10.5 Å². The van der Waals surface area contributed by atoms with Crippen LogP contribution in [0.4, 0.5) is 0 Å². The van der Waals surface area contributed by atoms with Crippen LogP contribution in [0.5, 0.6) is 5.75 Å². The first-order valence-corrected chi connectivity index (χ1v) is 7.62. The van der Waals surface area contributed by atoms with Crippen molar-refractivity contribution >= 4 is 11.6 Å².